The minimum absolute atomic E-state index is 0.197. The van der Waals surface area contributed by atoms with Gasteiger partial charge >= 0.3 is 0 Å². The van der Waals surface area contributed by atoms with Gasteiger partial charge in [-0.2, -0.15) is 0 Å². The lowest BCUT2D eigenvalue weighted by Crippen LogP contribution is -2.10. The minimum atomic E-state index is -0.197. The van der Waals surface area contributed by atoms with Crippen molar-refractivity contribution in [1.29, 1.82) is 0 Å². The van der Waals surface area contributed by atoms with Crippen LogP contribution in [0.4, 0.5) is 10.7 Å². The number of amides is 1. The summed E-state index contributed by atoms with van der Waals surface area (Å²) < 4.78 is 3.68. The smallest absolute Gasteiger partial charge is 0.258 e. The molecule has 0 fully saturated rings. The molecule has 0 atom stereocenters. The third kappa shape index (κ3) is 1.80. The van der Waals surface area contributed by atoms with Gasteiger partial charge < -0.3 is 16.0 Å². The Bertz CT molecular complexity index is 703. The third-order valence-corrected chi connectivity index (χ3v) is 3.13. The second-order valence-electron chi connectivity index (χ2n) is 3.74. The number of carbonyl (C=O) groups excluding carboxylic acids is 1. The Morgan fingerprint density at radius 2 is 2.33 bits per heavy atom. The largest absolute Gasteiger partial charge is 0.399 e. The summed E-state index contributed by atoms with van der Waals surface area (Å²) in [6, 6.07) is 5.38. The zero-order chi connectivity index (χ0) is 12.5. The van der Waals surface area contributed by atoms with Gasteiger partial charge in [0.2, 0.25) is 0 Å². The van der Waals surface area contributed by atoms with Gasteiger partial charge in [-0.15, -0.1) is 5.10 Å². The quantitative estimate of drug-likeness (QED) is 0.612. The van der Waals surface area contributed by atoms with Gasteiger partial charge in [0.1, 0.15) is 5.00 Å². The van der Waals surface area contributed by atoms with Crippen LogP contribution in [-0.2, 0) is 0 Å². The summed E-state index contributed by atoms with van der Waals surface area (Å²) in [4.78, 5) is 15.1. The lowest BCUT2D eigenvalue weighted by molar-refractivity contribution is 0.102. The molecule has 0 saturated carbocycles. The number of hydrogen-bond donors (Lipinski definition) is 3. The van der Waals surface area contributed by atoms with Crippen LogP contribution in [0.1, 0.15) is 10.4 Å². The van der Waals surface area contributed by atoms with Crippen LogP contribution < -0.4 is 11.1 Å². The molecule has 1 aromatic carbocycles. The maximum Gasteiger partial charge on any atom is 0.258 e. The Labute approximate surface area is 106 Å². The normalized spacial score (nSPS) is 10.7. The van der Waals surface area contributed by atoms with E-state index in [9.17, 15) is 4.79 Å². The predicted octanol–water partition coefficient (Wildman–Crippen LogP) is 1.85. The molecule has 0 bridgehead atoms. The van der Waals surface area contributed by atoms with E-state index in [1.54, 1.807) is 18.3 Å². The Morgan fingerprint density at radius 3 is 3.11 bits per heavy atom. The van der Waals surface area contributed by atoms with E-state index in [1.807, 2.05) is 6.07 Å². The fraction of sp³-hybridized carbons (Fsp3) is 0. The monoisotopic (exact) mass is 259 g/mol. The molecule has 0 aliphatic heterocycles. The van der Waals surface area contributed by atoms with Crippen LogP contribution in [0.25, 0.3) is 10.9 Å². The topological polar surface area (TPSA) is 96.7 Å². The minimum Gasteiger partial charge on any atom is -0.399 e. The van der Waals surface area contributed by atoms with Crippen molar-refractivity contribution in [3.8, 4) is 0 Å². The number of benzene rings is 1. The summed E-state index contributed by atoms with van der Waals surface area (Å²) in [6.07, 6.45) is 3.17. The van der Waals surface area contributed by atoms with Crippen LogP contribution in [0.15, 0.2) is 30.6 Å². The molecule has 1 amide bonds. The first-order valence-electron chi connectivity index (χ1n) is 5.19. The molecule has 4 N–H and O–H groups in total. The Balaban J connectivity index is 1.97. The molecule has 0 unspecified atom stereocenters. The lowest BCUT2D eigenvalue weighted by atomic mass is 10.1. The van der Waals surface area contributed by atoms with Crippen molar-refractivity contribution < 1.29 is 4.79 Å². The van der Waals surface area contributed by atoms with Gasteiger partial charge in [-0.3, -0.25) is 4.79 Å². The highest BCUT2D eigenvalue weighted by Crippen LogP contribution is 2.22. The van der Waals surface area contributed by atoms with Crippen molar-refractivity contribution in [3.63, 3.8) is 0 Å². The van der Waals surface area contributed by atoms with Crippen molar-refractivity contribution in [2.75, 3.05) is 11.1 Å². The summed E-state index contributed by atoms with van der Waals surface area (Å²) in [7, 11) is 0. The third-order valence-electron chi connectivity index (χ3n) is 2.55. The number of aromatic amines is 1. The number of rotatable bonds is 2. The Morgan fingerprint density at radius 1 is 1.44 bits per heavy atom. The molecular formula is C11H9N5OS. The lowest BCUT2D eigenvalue weighted by Gasteiger charge is -2.00. The molecule has 0 aliphatic rings. The van der Waals surface area contributed by atoms with E-state index in [0.29, 0.717) is 16.3 Å². The highest BCUT2D eigenvalue weighted by Gasteiger charge is 2.12. The average molecular weight is 259 g/mol. The SMILES string of the molecule is Nc1ccc2c(C(=O)Nc3cnns3)c[nH]c2c1. The molecular weight excluding hydrogens is 250 g/mol. The highest BCUT2D eigenvalue weighted by atomic mass is 32.1. The Hall–Kier alpha value is -2.41. The summed E-state index contributed by atoms with van der Waals surface area (Å²) in [5, 5.41) is 7.84. The first-order valence-corrected chi connectivity index (χ1v) is 5.97. The number of nitrogens with one attached hydrogen (secondary N) is 2. The van der Waals surface area contributed by atoms with Crippen molar-refractivity contribution >= 4 is 39.0 Å². The number of nitrogens with zero attached hydrogens (tertiary/aromatic N) is 2. The van der Waals surface area contributed by atoms with Gasteiger partial charge in [0.05, 0.1) is 11.8 Å². The second-order valence-corrected chi connectivity index (χ2v) is 4.53. The van der Waals surface area contributed by atoms with Crippen LogP contribution >= 0.6 is 11.5 Å². The van der Waals surface area contributed by atoms with Gasteiger partial charge in [0, 0.05) is 34.3 Å². The van der Waals surface area contributed by atoms with Crippen molar-refractivity contribution in [2.45, 2.75) is 0 Å². The van der Waals surface area contributed by atoms with E-state index in [1.165, 1.54) is 6.20 Å². The highest BCUT2D eigenvalue weighted by molar-refractivity contribution is 7.10. The number of carbonyl (C=O) groups is 1. The van der Waals surface area contributed by atoms with Gasteiger partial charge in [-0.05, 0) is 18.2 Å². The summed E-state index contributed by atoms with van der Waals surface area (Å²) in [5.74, 6) is -0.197. The van der Waals surface area contributed by atoms with E-state index in [-0.39, 0.29) is 5.91 Å². The second kappa shape index (κ2) is 4.11. The van der Waals surface area contributed by atoms with Crippen LogP contribution in [0.5, 0.6) is 0 Å². The van der Waals surface area contributed by atoms with Gasteiger partial charge in [-0.25, -0.2) is 0 Å². The fourth-order valence-corrected chi connectivity index (χ4v) is 2.15. The number of aromatic nitrogens is 3. The molecule has 3 aromatic rings. The van der Waals surface area contributed by atoms with E-state index < -0.39 is 0 Å². The number of fused-ring (bicyclic) bond motifs is 1. The van der Waals surface area contributed by atoms with Crippen molar-refractivity contribution in [1.82, 2.24) is 14.6 Å². The summed E-state index contributed by atoms with van der Waals surface area (Å²) in [6.45, 7) is 0. The predicted molar refractivity (Wildman–Crippen MR) is 70.6 cm³/mol. The maximum atomic E-state index is 12.1. The molecule has 0 radical (unpaired) electrons. The molecule has 0 spiro atoms. The number of nitrogens with two attached hydrogens (primary N) is 1. The number of nitrogen functional groups attached to an aromatic ring is 1. The number of hydrogen-bond acceptors (Lipinski definition) is 5. The van der Waals surface area contributed by atoms with E-state index in [2.05, 4.69) is 19.9 Å². The van der Waals surface area contributed by atoms with Crippen LogP contribution in [0, 0.1) is 0 Å². The molecule has 0 aliphatic carbocycles. The van der Waals surface area contributed by atoms with E-state index in [4.69, 9.17) is 5.73 Å². The van der Waals surface area contributed by atoms with Crippen molar-refractivity contribution in [2.24, 2.45) is 0 Å². The zero-order valence-corrected chi connectivity index (χ0v) is 9.99. The molecule has 3 rings (SSSR count). The molecule has 0 saturated heterocycles. The van der Waals surface area contributed by atoms with Gasteiger partial charge in [0.25, 0.3) is 5.91 Å². The van der Waals surface area contributed by atoms with Gasteiger partial charge in [0.15, 0.2) is 0 Å². The molecule has 90 valence electrons. The maximum absolute atomic E-state index is 12.1. The molecule has 2 heterocycles. The summed E-state index contributed by atoms with van der Waals surface area (Å²) in [5.41, 5.74) is 7.74. The standard InChI is InChI=1S/C11H9N5OS/c12-6-1-2-7-8(4-13-9(7)3-6)11(17)15-10-5-14-16-18-10/h1-5,13H,12H2,(H,15,17). The first-order chi connectivity index (χ1) is 8.74. The van der Waals surface area contributed by atoms with Crippen LogP contribution in [-0.4, -0.2) is 20.5 Å². The molecule has 6 nitrogen and oxygen atoms in total. The molecule has 2 aromatic heterocycles. The van der Waals surface area contributed by atoms with E-state index >= 15 is 0 Å². The first kappa shape index (κ1) is 10.7. The van der Waals surface area contributed by atoms with Crippen molar-refractivity contribution in [3.05, 3.63) is 36.2 Å². The number of H-pyrrole nitrogens is 1. The average Bonchev–Trinajstić information content (AvgIpc) is 2.97. The molecule has 18 heavy (non-hydrogen) atoms. The van der Waals surface area contributed by atoms with E-state index in [0.717, 1.165) is 22.4 Å². The van der Waals surface area contributed by atoms with Crippen LogP contribution in [0.2, 0.25) is 0 Å². The number of anilines is 2. The summed E-state index contributed by atoms with van der Waals surface area (Å²) >= 11 is 1.13. The van der Waals surface area contributed by atoms with Crippen LogP contribution in [0.3, 0.4) is 0 Å². The fourth-order valence-electron chi connectivity index (χ4n) is 1.73. The van der Waals surface area contributed by atoms with Gasteiger partial charge in [-0.1, -0.05) is 4.49 Å². The zero-order valence-electron chi connectivity index (χ0n) is 9.18. The molecule has 7 heteroatoms. The Kier molecular flexibility index (Phi) is 2.45.